The first-order valence-electron chi connectivity index (χ1n) is 8.87. The molecule has 0 unspecified atom stereocenters. The van der Waals surface area contributed by atoms with Crippen LogP contribution >= 0.6 is 15.9 Å². The Kier molecular flexibility index (Phi) is 6.86. The van der Waals surface area contributed by atoms with Crippen LogP contribution in [-0.2, 0) is 6.61 Å². The number of hydrazone groups is 1. The fourth-order valence-corrected chi connectivity index (χ4v) is 3.15. The minimum absolute atomic E-state index is 0.0350. The van der Waals surface area contributed by atoms with Crippen molar-refractivity contribution in [2.24, 2.45) is 5.10 Å². The van der Waals surface area contributed by atoms with Crippen molar-refractivity contribution in [2.75, 3.05) is 13.9 Å². The van der Waals surface area contributed by atoms with Gasteiger partial charge in [0.1, 0.15) is 6.61 Å². The molecule has 0 fully saturated rings. The summed E-state index contributed by atoms with van der Waals surface area (Å²) >= 11 is 3.20. The molecule has 0 saturated heterocycles. The van der Waals surface area contributed by atoms with Crippen LogP contribution in [0, 0.1) is 0 Å². The molecule has 2 aromatic rings. The number of hydrogen-bond acceptors (Lipinski definition) is 6. The van der Waals surface area contributed by atoms with Gasteiger partial charge in [-0.15, -0.1) is 0 Å². The van der Waals surface area contributed by atoms with Crippen molar-refractivity contribution < 1.29 is 49.7 Å². The third kappa shape index (κ3) is 5.20. The molecule has 0 atom stereocenters. The van der Waals surface area contributed by atoms with Crippen molar-refractivity contribution in [3.8, 4) is 23.0 Å². The first-order chi connectivity index (χ1) is 15.4. The van der Waals surface area contributed by atoms with Gasteiger partial charge in [0.2, 0.25) is 6.79 Å². The monoisotopic (exact) mass is 546 g/mol. The Balaban J connectivity index is 1.72. The van der Waals surface area contributed by atoms with Crippen LogP contribution in [0.4, 0.5) is 30.7 Å². The van der Waals surface area contributed by atoms with Gasteiger partial charge in [-0.1, -0.05) is 6.07 Å². The summed E-state index contributed by atoms with van der Waals surface area (Å²) in [5.41, 5.74) is 1.32. The lowest BCUT2D eigenvalue weighted by Crippen LogP contribution is -2.58. The van der Waals surface area contributed by atoms with E-state index in [0.717, 1.165) is 5.56 Å². The molecule has 0 amide bonds. The number of halogens is 8. The summed E-state index contributed by atoms with van der Waals surface area (Å²) in [6, 6.07) is 2.06. The van der Waals surface area contributed by atoms with Gasteiger partial charge in [0, 0.05) is 0 Å². The molecule has 0 aliphatic carbocycles. The Labute approximate surface area is 190 Å². The third-order valence-corrected chi connectivity index (χ3v) is 4.83. The lowest BCUT2D eigenvalue weighted by atomic mass is 10.2. The molecule has 3 rings (SSSR count). The highest BCUT2D eigenvalue weighted by atomic mass is 79.9. The quantitative estimate of drug-likeness (QED) is 0.206. The Hall–Kier alpha value is -2.90. The van der Waals surface area contributed by atoms with Crippen molar-refractivity contribution in [2.45, 2.75) is 24.8 Å². The lowest BCUT2D eigenvalue weighted by molar-refractivity contribution is -0.361. The molecule has 2 aromatic carbocycles. The average Bonchev–Trinajstić information content (AvgIpc) is 3.19. The van der Waals surface area contributed by atoms with Crippen LogP contribution in [0.1, 0.15) is 11.1 Å². The zero-order valence-electron chi connectivity index (χ0n) is 16.5. The van der Waals surface area contributed by atoms with Crippen LogP contribution in [0.25, 0.3) is 0 Å². The van der Waals surface area contributed by atoms with Crippen molar-refractivity contribution in [1.82, 2.24) is 5.43 Å². The molecule has 0 aromatic heterocycles. The molecule has 0 bridgehead atoms. The SMILES string of the molecule is COc1cc(/C=N/NC(F)(F)C(F)(F)C(F)(F)F)cc(Br)c1OCc1ccc2c(c1)OCO2. The van der Waals surface area contributed by atoms with Crippen LogP contribution in [0.3, 0.4) is 0 Å². The highest BCUT2D eigenvalue weighted by Crippen LogP contribution is 2.45. The number of benzene rings is 2. The van der Waals surface area contributed by atoms with E-state index in [0.29, 0.717) is 23.1 Å². The minimum atomic E-state index is -6.47. The molecule has 0 saturated carbocycles. The fourth-order valence-electron chi connectivity index (χ4n) is 2.58. The second-order valence-electron chi connectivity index (χ2n) is 6.53. The number of nitrogens with one attached hydrogen (secondary N) is 1. The second kappa shape index (κ2) is 9.15. The predicted octanol–water partition coefficient (Wildman–Crippen LogP) is 5.48. The zero-order valence-corrected chi connectivity index (χ0v) is 18.1. The Morgan fingerprint density at radius 2 is 1.76 bits per heavy atom. The number of ether oxygens (including phenoxy) is 4. The molecule has 180 valence electrons. The summed E-state index contributed by atoms with van der Waals surface area (Å²) < 4.78 is 111. The van der Waals surface area contributed by atoms with E-state index >= 15 is 0 Å². The van der Waals surface area contributed by atoms with Crippen molar-refractivity contribution in [3.05, 3.63) is 45.9 Å². The van der Waals surface area contributed by atoms with Gasteiger partial charge in [-0.2, -0.15) is 35.8 Å². The maximum atomic E-state index is 13.3. The Bertz CT molecular complexity index is 1050. The van der Waals surface area contributed by atoms with Gasteiger partial charge in [-0.05, 0) is 51.3 Å². The van der Waals surface area contributed by atoms with Crippen LogP contribution in [-0.4, -0.2) is 38.3 Å². The molecule has 0 spiro atoms. The Morgan fingerprint density at radius 1 is 1.06 bits per heavy atom. The number of methoxy groups -OCH3 is 1. The van der Waals surface area contributed by atoms with E-state index in [4.69, 9.17) is 18.9 Å². The zero-order chi connectivity index (χ0) is 24.4. The normalized spacial score (nSPS) is 14.0. The average molecular weight is 547 g/mol. The van der Waals surface area contributed by atoms with E-state index < -0.39 is 18.1 Å². The summed E-state index contributed by atoms with van der Waals surface area (Å²) in [5.74, 6) is -4.86. The summed E-state index contributed by atoms with van der Waals surface area (Å²) in [6.07, 6.45) is -5.85. The largest absolute Gasteiger partial charge is 0.493 e. The molecule has 1 aliphatic rings. The van der Waals surface area contributed by atoms with Gasteiger partial charge in [-0.3, -0.25) is 0 Å². The van der Waals surface area contributed by atoms with E-state index in [-0.39, 0.29) is 34.9 Å². The van der Waals surface area contributed by atoms with Gasteiger partial charge in [-0.25, -0.2) is 5.43 Å². The van der Waals surface area contributed by atoms with Gasteiger partial charge in [0.15, 0.2) is 23.0 Å². The smallest absolute Gasteiger partial charge is 0.462 e. The molecular weight excluding hydrogens is 533 g/mol. The van der Waals surface area contributed by atoms with Crippen molar-refractivity contribution >= 4 is 22.1 Å². The number of fused-ring (bicyclic) bond motifs is 1. The molecule has 0 radical (unpaired) electrons. The summed E-state index contributed by atoms with van der Waals surface area (Å²) in [5, 5.41) is 2.82. The topological polar surface area (TPSA) is 61.3 Å². The van der Waals surface area contributed by atoms with Gasteiger partial charge >= 0.3 is 18.1 Å². The van der Waals surface area contributed by atoms with E-state index in [1.165, 1.54) is 19.2 Å². The standard InChI is InChI=1S/C19H14BrF7N2O4/c1-30-15-6-11(7-28-29-19(26,27)17(21,22)18(23,24)25)4-12(20)16(15)31-8-10-2-3-13-14(5-10)33-9-32-13/h2-7,29H,8-9H2,1H3/b28-7+. The molecule has 6 nitrogen and oxygen atoms in total. The molecule has 14 heteroatoms. The molecular formula is C19H14BrF7N2O4. The molecule has 1 aliphatic heterocycles. The van der Waals surface area contributed by atoms with E-state index in [2.05, 4.69) is 21.0 Å². The van der Waals surface area contributed by atoms with Gasteiger partial charge in [0.25, 0.3) is 0 Å². The van der Waals surface area contributed by atoms with Crippen LogP contribution < -0.4 is 24.4 Å². The number of hydrogen-bond donors (Lipinski definition) is 1. The van der Waals surface area contributed by atoms with Crippen LogP contribution in [0.15, 0.2) is 39.9 Å². The van der Waals surface area contributed by atoms with Crippen LogP contribution in [0.2, 0.25) is 0 Å². The van der Waals surface area contributed by atoms with Crippen LogP contribution in [0.5, 0.6) is 23.0 Å². The number of nitrogens with zero attached hydrogens (tertiary/aromatic N) is 1. The maximum Gasteiger partial charge on any atom is 0.462 e. The lowest BCUT2D eigenvalue weighted by Gasteiger charge is -2.27. The predicted molar refractivity (Wildman–Crippen MR) is 104 cm³/mol. The fraction of sp³-hybridized carbons (Fsp3) is 0.316. The van der Waals surface area contributed by atoms with E-state index in [1.54, 1.807) is 18.2 Å². The first kappa shape index (κ1) is 24.7. The van der Waals surface area contributed by atoms with E-state index in [9.17, 15) is 30.7 Å². The molecule has 33 heavy (non-hydrogen) atoms. The van der Waals surface area contributed by atoms with E-state index in [1.807, 2.05) is 0 Å². The first-order valence-corrected chi connectivity index (χ1v) is 9.66. The summed E-state index contributed by atoms with van der Waals surface area (Å²) in [6.45, 7) is 0.190. The van der Waals surface area contributed by atoms with Gasteiger partial charge < -0.3 is 18.9 Å². The minimum Gasteiger partial charge on any atom is -0.493 e. The number of alkyl halides is 7. The number of rotatable bonds is 8. The van der Waals surface area contributed by atoms with Gasteiger partial charge in [0.05, 0.1) is 17.8 Å². The highest BCUT2D eigenvalue weighted by molar-refractivity contribution is 9.10. The van der Waals surface area contributed by atoms with Crippen molar-refractivity contribution in [3.63, 3.8) is 0 Å². The maximum absolute atomic E-state index is 13.3. The second-order valence-corrected chi connectivity index (χ2v) is 7.38. The summed E-state index contributed by atoms with van der Waals surface area (Å²) in [4.78, 5) is 0. The molecule has 1 heterocycles. The highest BCUT2D eigenvalue weighted by Gasteiger charge is 2.73. The Morgan fingerprint density at radius 3 is 2.42 bits per heavy atom. The molecule has 1 N–H and O–H groups in total. The van der Waals surface area contributed by atoms with Crippen molar-refractivity contribution in [1.29, 1.82) is 0 Å². The third-order valence-electron chi connectivity index (χ3n) is 4.24. The summed E-state index contributed by atoms with van der Waals surface area (Å²) in [7, 11) is 1.28.